The lowest BCUT2D eigenvalue weighted by atomic mass is 10.0. The van der Waals surface area contributed by atoms with Crippen LogP contribution < -0.4 is 5.32 Å². The minimum Gasteiger partial charge on any atom is -0.308 e. The molecule has 0 bridgehead atoms. The number of rotatable bonds is 5. The summed E-state index contributed by atoms with van der Waals surface area (Å²) < 4.78 is 0. The standard InChI is InChI=1S/C16H25Cl2N3/c1-4-16(14-6-5-12(17)9-15(14)18)19-10-13-11-20(2)7-8-21(13)3/h5-6,9,13,16,19H,4,7-8,10-11H2,1-3H3. The van der Waals surface area contributed by atoms with Crippen LogP contribution in [0.3, 0.4) is 0 Å². The summed E-state index contributed by atoms with van der Waals surface area (Å²) in [6.07, 6.45) is 1.01. The normalized spacial score (nSPS) is 22.4. The molecule has 0 aliphatic carbocycles. The lowest BCUT2D eigenvalue weighted by Gasteiger charge is -2.38. The highest BCUT2D eigenvalue weighted by molar-refractivity contribution is 6.35. The third-order valence-electron chi connectivity index (χ3n) is 4.33. The maximum atomic E-state index is 6.33. The quantitative estimate of drug-likeness (QED) is 0.894. The molecule has 1 aromatic carbocycles. The van der Waals surface area contributed by atoms with Crippen LogP contribution in [0.25, 0.3) is 0 Å². The van der Waals surface area contributed by atoms with Gasteiger partial charge >= 0.3 is 0 Å². The summed E-state index contributed by atoms with van der Waals surface area (Å²) in [5.74, 6) is 0. The van der Waals surface area contributed by atoms with Gasteiger partial charge in [-0.25, -0.2) is 0 Å². The van der Waals surface area contributed by atoms with Gasteiger partial charge in [-0.05, 0) is 38.2 Å². The van der Waals surface area contributed by atoms with E-state index >= 15 is 0 Å². The van der Waals surface area contributed by atoms with Crippen molar-refractivity contribution in [1.29, 1.82) is 0 Å². The van der Waals surface area contributed by atoms with Gasteiger partial charge in [-0.3, -0.25) is 4.90 Å². The van der Waals surface area contributed by atoms with E-state index in [-0.39, 0.29) is 6.04 Å². The molecule has 0 aromatic heterocycles. The van der Waals surface area contributed by atoms with Crippen molar-refractivity contribution in [2.75, 3.05) is 40.3 Å². The van der Waals surface area contributed by atoms with Crippen LogP contribution in [-0.2, 0) is 0 Å². The molecular formula is C16H25Cl2N3. The van der Waals surface area contributed by atoms with Crippen molar-refractivity contribution in [3.63, 3.8) is 0 Å². The number of likely N-dealkylation sites (N-methyl/N-ethyl adjacent to an activating group) is 2. The molecule has 0 radical (unpaired) electrons. The summed E-state index contributed by atoms with van der Waals surface area (Å²) in [5, 5.41) is 5.10. The molecule has 0 amide bonds. The van der Waals surface area contributed by atoms with Gasteiger partial charge in [0.25, 0.3) is 0 Å². The fourth-order valence-electron chi connectivity index (χ4n) is 2.86. The molecule has 2 unspecified atom stereocenters. The lowest BCUT2D eigenvalue weighted by molar-refractivity contribution is 0.111. The molecule has 1 aliphatic heterocycles. The smallest absolute Gasteiger partial charge is 0.0468 e. The largest absolute Gasteiger partial charge is 0.308 e. The van der Waals surface area contributed by atoms with E-state index in [2.05, 4.69) is 36.1 Å². The van der Waals surface area contributed by atoms with Crippen molar-refractivity contribution in [3.05, 3.63) is 33.8 Å². The van der Waals surface area contributed by atoms with Crippen LogP contribution in [0.5, 0.6) is 0 Å². The van der Waals surface area contributed by atoms with Crippen molar-refractivity contribution < 1.29 is 0 Å². The molecule has 118 valence electrons. The number of piperazine rings is 1. The Morgan fingerprint density at radius 3 is 2.71 bits per heavy atom. The lowest BCUT2D eigenvalue weighted by Crippen LogP contribution is -2.54. The van der Waals surface area contributed by atoms with Gasteiger partial charge in [0.2, 0.25) is 0 Å². The van der Waals surface area contributed by atoms with Crippen molar-refractivity contribution in [3.8, 4) is 0 Å². The van der Waals surface area contributed by atoms with Gasteiger partial charge in [-0.15, -0.1) is 0 Å². The predicted molar refractivity (Wildman–Crippen MR) is 91.4 cm³/mol. The van der Waals surface area contributed by atoms with Crippen LogP contribution in [-0.4, -0.2) is 56.1 Å². The van der Waals surface area contributed by atoms with Crippen LogP contribution in [0.4, 0.5) is 0 Å². The summed E-state index contributed by atoms with van der Waals surface area (Å²) in [6, 6.07) is 6.58. The molecule has 21 heavy (non-hydrogen) atoms. The second-order valence-electron chi connectivity index (χ2n) is 5.93. The van der Waals surface area contributed by atoms with Crippen molar-refractivity contribution in [1.82, 2.24) is 15.1 Å². The maximum absolute atomic E-state index is 6.33. The molecule has 1 fully saturated rings. The zero-order valence-corrected chi connectivity index (χ0v) is 14.6. The molecule has 1 aliphatic rings. The van der Waals surface area contributed by atoms with Crippen LogP contribution in [0.1, 0.15) is 24.9 Å². The van der Waals surface area contributed by atoms with Gasteiger partial charge in [0, 0.05) is 48.3 Å². The third kappa shape index (κ3) is 4.57. The molecule has 1 aromatic rings. The first-order chi connectivity index (χ1) is 10.0. The number of hydrogen-bond donors (Lipinski definition) is 1. The molecular weight excluding hydrogens is 305 g/mol. The Labute approximate surface area is 138 Å². The molecule has 2 atom stereocenters. The number of hydrogen-bond acceptors (Lipinski definition) is 3. The zero-order chi connectivity index (χ0) is 15.4. The fourth-order valence-corrected chi connectivity index (χ4v) is 3.40. The van der Waals surface area contributed by atoms with E-state index in [1.54, 1.807) is 0 Å². The predicted octanol–water partition coefficient (Wildman–Crippen LogP) is 3.28. The van der Waals surface area contributed by atoms with E-state index in [1.165, 1.54) is 0 Å². The Hall–Kier alpha value is -0.320. The molecule has 5 heteroatoms. The molecule has 0 spiro atoms. The van der Waals surface area contributed by atoms with E-state index in [1.807, 2.05) is 18.2 Å². The highest BCUT2D eigenvalue weighted by Crippen LogP contribution is 2.28. The third-order valence-corrected chi connectivity index (χ3v) is 4.89. The Kier molecular flexibility index (Phi) is 6.33. The van der Waals surface area contributed by atoms with E-state index in [4.69, 9.17) is 23.2 Å². The molecule has 1 N–H and O–H groups in total. The number of nitrogens with one attached hydrogen (secondary N) is 1. The SMILES string of the molecule is CCC(NCC1CN(C)CCN1C)c1ccc(Cl)cc1Cl. The topological polar surface area (TPSA) is 18.5 Å². The minimum absolute atomic E-state index is 0.274. The van der Waals surface area contributed by atoms with E-state index < -0.39 is 0 Å². The van der Waals surface area contributed by atoms with E-state index in [0.717, 1.165) is 43.2 Å². The number of nitrogens with zero attached hydrogens (tertiary/aromatic N) is 2. The molecule has 1 saturated heterocycles. The minimum atomic E-state index is 0.274. The molecule has 2 rings (SSSR count). The molecule has 0 saturated carbocycles. The average molecular weight is 330 g/mol. The van der Waals surface area contributed by atoms with Gasteiger partial charge in [0.1, 0.15) is 0 Å². The average Bonchev–Trinajstić information content (AvgIpc) is 2.44. The Morgan fingerprint density at radius 1 is 1.29 bits per heavy atom. The zero-order valence-electron chi connectivity index (χ0n) is 13.1. The van der Waals surface area contributed by atoms with Crippen molar-refractivity contribution in [2.24, 2.45) is 0 Å². The fraction of sp³-hybridized carbons (Fsp3) is 0.625. The summed E-state index contributed by atoms with van der Waals surface area (Å²) >= 11 is 12.3. The van der Waals surface area contributed by atoms with Gasteiger partial charge < -0.3 is 10.2 Å². The van der Waals surface area contributed by atoms with Crippen LogP contribution in [0.15, 0.2) is 18.2 Å². The van der Waals surface area contributed by atoms with Crippen LogP contribution in [0.2, 0.25) is 10.0 Å². The summed E-state index contributed by atoms with van der Waals surface area (Å²) in [6.45, 7) is 6.53. The maximum Gasteiger partial charge on any atom is 0.0468 e. The second kappa shape index (κ2) is 7.80. The highest BCUT2D eigenvalue weighted by atomic mass is 35.5. The summed E-state index contributed by atoms with van der Waals surface area (Å²) in [4.78, 5) is 4.83. The number of halogens is 2. The molecule has 3 nitrogen and oxygen atoms in total. The van der Waals surface area contributed by atoms with Crippen LogP contribution in [0, 0.1) is 0 Å². The van der Waals surface area contributed by atoms with Crippen molar-refractivity contribution >= 4 is 23.2 Å². The highest BCUT2D eigenvalue weighted by Gasteiger charge is 2.23. The van der Waals surface area contributed by atoms with E-state index in [9.17, 15) is 0 Å². The van der Waals surface area contributed by atoms with E-state index in [0.29, 0.717) is 11.1 Å². The van der Waals surface area contributed by atoms with Gasteiger partial charge in [-0.1, -0.05) is 36.2 Å². The molecule has 1 heterocycles. The first-order valence-corrected chi connectivity index (χ1v) is 8.34. The monoisotopic (exact) mass is 329 g/mol. The number of benzene rings is 1. The van der Waals surface area contributed by atoms with Crippen molar-refractivity contribution in [2.45, 2.75) is 25.4 Å². The Morgan fingerprint density at radius 2 is 2.05 bits per heavy atom. The van der Waals surface area contributed by atoms with Crippen LogP contribution >= 0.6 is 23.2 Å². The first-order valence-electron chi connectivity index (χ1n) is 7.58. The Bertz CT molecular complexity index is 467. The summed E-state index contributed by atoms with van der Waals surface area (Å²) in [5.41, 5.74) is 1.13. The first kappa shape index (κ1) is 17.0. The van der Waals surface area contributed by atoms with Gasteiger partial charge in [-0.2, -0.15) is 0 Å². The second-order valence-corrected chi connectivity index (χ2v) is 6.78. The van der Waals surface area contributed by atoms with Gasteiger partial charge in [0.15, 0.2) is 0 Å². The summed E-state index contributed by atoms with van der Waals surface area (Å²) in [7, 11) is 4.39. The Balaban J connectivity index is 1.99. The van der Waals surface area contributed by atoms with Gasteiger partial charge in [0.05, 0.1) is 0 Å².